The Balaban J connectivity index is 2.20. The molecule has 6 nitrogen and oxygen atoms in total. The summed E-state index contributed by atoms with van der Waals surface area (Å²) in [7, 11) is 3.26. The molecule has 0 fully saturated rings. The smallest absolute Gasteiger partial charge is 0.239 e. The van der Waals surface area contributed by atoms with E-state index in [2.05, 4.69) is 14.1 Å². The van der Waals surface area contributed by atoms with Crippen LogP contribution in [0, 0.1) is 5.41 Å². The molecule has 20 heavy (non-hydrogen) atoms. The Morgan fingerprint density at radius 3 is 2.50 bits per heavy atom. The van der Waals surface area contributed by atoms with E-state index >= 15 is 0 Å². The molecule has 0 aliphatic heterocycles. The number of nitrogens with zero attached hydrogens (tertiary/aromatic N) is 3. The van der Waals surface area contributed by atoms with Gasteiger partial charge >= 0.3 is 0 Å². The van der Waals surface area contributed by atoms with E-state index in [4.69, 9.17) is 0 Å². The van der Waals surface area contributed by atoms with Gasteiger partial charge in [-0.3, -0.25) is 9.59 Å². The summed E-state index contributed by atoms with van der Waals surface area (Å²) in [4.78, 5) is 25.7. The minimum atomic E-state index is -1.13. The van der Waals surface area contributed by atoms with E-state index in [0.717, 1.165) is 22.8 Å². The number of fused-ring (bicyclic) bond motifs is 1. The second-order valence-electron chi connectivity index (χ2n) is 5.25. The van der Waals surface area contributed by atoms with Crippen LogP contribution in [-0.2, 0) is 9.59 Å². The highest BCUT2D eigenvalue weighted by atomic mass is 32.1. The van der Waals surface area contributed by atoms with E-state index in [1.165, 1.54) is 4.90 Å². The monoisotopic (exact) mass is 292 g/mol. The highest BCUT2D eigenvalue weighted by molar-refractivity contribution is 7.00. The lowest BCUT2D eigenvalue weighted by Gasteiger charge is -2.25. The number of nitrogens with one attached hydrogen (secondary N) is 1. The van der Waals surface area contributed by atoms with Gasteiger partial charge in [0.2, 0.25) is 11.8 Å². The summed E-state index contributed by atoms with van der Waals surface area (Å²) in [6, 6.07) is 5.28. The molecule has 2 rings (SSSR count). The summed E-state index contributed by atoms with van der Waals surface area (Å²) >= 11 is 1.12. The number of aromatic nitrogens is 2. The number of benzene rings is 1. The molecule has 0 unspecified atom stereocenters. The zero-order valence-corrected chi connectivity index (χ0v) is 12.6. The van der Waals surface area contributed by atoms with Gasteiger partial charge in [-0.15, -0.1) is 0 Å². The molecule has 1 aromatic heterocycles. The summed E-state index contributed by atoms with van der Waals surface area (Å²) in [5.41, 5.74) is 0.995. The van der Waals surface area contributed by atoms with Crippen molar-refractivity contribution in [3.63, 3.8) is 0 Å². The quantitative estimate of drug-likeness (QED) is 0.874. The third kappa shape index (κ3) is 2.62. The SMILES string of the molecule is CN(C)C(=O)C(C)(C)C(=O)Nc1ccc2nsnc2c1. The maximum absolute atomic E-state index is 12.3. The first-order chi connectivity index (χ1) is 9.32. The first kappa shape index (κ1) is 14.4. The molecule has 1 heterocycles. The molecule has 0 atom stereocenters. The molecule has 1 N–H and O–H groups in total. The summed E-state index contributed by atoms with van der Waals surface area (Å²) in [5, 5.41) is 2.75. The molecule has 2 aromatic rings. The maximum Gasteiger partial charge on any atom is 0.239 e. The fraction of sp³-hybridized carbons (Fsp3) is 0.385. The van der Waals surface area contributed by atoms with Gasteiger partial charge in [-0.05, 0) is 32.0 Å². The average molecular weight is 292 g/mol. The standard InChI is InChI=1S/C13H16N4O2S/c1-13(2,12(19)17(3)4)11(18)14-8-5-6-9-10(7-8)16-20-15-9/h5-7H,1-4H3,(H,14,18). The predicted octanol–water partition coefficient (Wildman–Crippen LogP) is 1.74. The number of carbonyl (C=O) groups excluding carboxylic acids is 2. The highest BCUT2D eigenvalue weighted by Gasteiger charge is 2.37. The van der Waals surface area contributed by atoms with E-state index in [0.29, 0.717) is 5.69 Å². The molecule has 0 spiro atoms. The van der Waals surface area contributed by atoms with Gasteiger partial charge in [-0.1, -0.05) is 0 Å². The number of hydrogen-bond acceptors (Lipinski definition) is 5. The van der Waals surface area contributed by atoms with Crippen LogP contribution < -0.4 is 5.32 Å². The molecule has 0 saturated carbocycles. The van der Waals surface area contributed by atoms with Gasteiger partial charge in [0, 0.05) is 19.8 Å². The second-order valence-corrected chi connectivity index (χ2v) is 5.77. The summed E-state index contributed by atoms with van der Waals surface area (Å²) in [5.74, 6) is -0.592. The lowest BCUT2D eigenvalue weighted by molar-refractivity contribution is -0.144. The fourth-order valence-corrected chi connectivity index (χ4v) is 2.32. The molecule has 2 amide bonds. The Hall–Kier alpha value is -2.02. The van der Waals surface area contributed by atoms with Crippen molar-refractivity contribution in [1.82, 2.24) is 13.6 Å². The van der Waals surface area contributed by atoms with Crippen molar-refractivity contribution in [1.29, 1.82) is 0 Å². The highest BCUT2D eigenvalue weighted by Crippen LogP contribution is 2.23. The Bertz CT molecular complexity index is 663. The zero-order chi connectivity index (χ0) is 14.9. The zero-order valence-electron chi connectivity index (χ0n) is 11.8. The Kier molecular flexibility index (Phi) is 3.71. The van der Waals surface area contributed by atoms with Crippen LogP contribution in [0.3, 0.4) is 0 Å². The van der Waals surface area contributed by atoms with Crippen molar-refractivity contribution in [2.45, 2.75) is 13.8 Å². The second kappa shape index (κ2) is 5.16. The van der Waals surface area contributed by atoms with Crippen molar-refractivity contribution < 1.29 is 9.59 Å². The molecule has 106 valence electrons. The molecule has 0 saturated heterocycles. The number of amides is 2. The average Bonchev–Trinajstić information content (AvgIpc) is 2.84. The maximum atomic E-state index is 12.3. The van der Waals surface area contributed by atoms with Gasteiger partial charge < -0.3 is 10.2 Å². The first-order valence-electron chi connectivity index (χ1n) is 6.08. The minimum Gasteiger partial charge on any atom is -0.348 e. The fourth-order valence-electron chi connectivity index (χ4n) is 1.80. The van der Waals surface area contributed by atoms with Crippen LogP contribution in [0.15, 0.2) is 18.2 Å². The van der Waals surface area contributed by atoms with Crippen LogP contribution in [-0.4, -0.2) is 39.6 Å². The van der Waals surface area contributed by atoms with Gasteiger partial charge in [-0.25, -0.2) is 0 Å². The van der Waals surface area contributed by atoms with Crippen molar-refractivity contribution in [3.8, 4) is 0 Å². The van der Waals surface area contributed by atoms with Crippen LogP contribution >= 0.6 is 11.7 Å². The van der Waals surface area contributed by atoms with Crippen LogP contribution in [0.5, 0.6) is 0 Å². The molecular weight excluding hydrogens is 276 g/mol. The predicted molar refractivity (Wildman–Crippen MR) is 78.5 cm³/mol. The largest absolute Gasteiger partial charge is 0.348 e. The van der Waals surface area contributed by atoms with Crippen LogP contribution in [0.25, 0.3) is 11.0 Å². The van der Waals surface area contributed by atoms with E-state index in [-0.39, 0.29) is 11.8 Å². The number of rotatable bonds is 3. The number of anilines is 1. The molecule has 1 aromatic carbocycles. The van der Waals surface area contributed by atoms with Crippen molar-refractivity contribution in [3.05, 3.63) is 18.2 Å². The molecule has 0 aliphatic carbocycles. The lowest BCUT2D eigenvalue weighted by atomic mass is 9.90. The molecule has 0 bridgehead atoms. The van der Waals surface area contributed by atoms with Gasteiger partial charge in [0.1, 0.15) is 16.4 Å². The summed E-state index contributed by atoms with van der Waals surface area (Å²) < 4.78 is 8.21. The Labute approximate surface area is 121 Å². The van der Waals surface area contributed by atoms with Gasteiger partial charge in [0.15, 0.2) is 0 Å². The van der Waals surface area contributed by atoms with E-state index in [1.54, 1.807) is 46.1 Å². The lowest BCUT2D eigenvalue weighted by Crippen LogP contribution is -2.44. The van der Waals surface area contributed by atoms with E-state index < -0.39 is 5.41 Å². The molecular formula is C13H16N4O2S. The normalized spacial score (nSPS) is 11.4. The van der Waals surface area contributed by atoms with Crippen molar-refractivity contribution >= 4 is 40.3 Å². The van der Waals surface area contributed by atoms with Crippen LogP contribution in [0.4, 0.5) is 5.69 Å². The van der Waals surface area contributed by atoms with Crippen molar-refractivity contribution in [2.24, 2.45) is 5.41 Å². The minimum absolute atomic E-state index is 0.244. The van der Waals surface area contributed by atoms with Crippen LogP contribution in [0.2, 0.25) is 0 Å². The molecule has 7 heteroatoms. The molecule has 0 aliphatic rings. The van der Waals surface area contributed by atoms with Gasteiger partial charge in [0.05, 0.1) is 11.7 Å². The Morgan fingerprint density at radius 2 is 1.85 bits per heavy atom. The summed E-state index contributed by atoms with van der Waals surface area (Å²) in [6.07, 6.45) is 0. The van der Waals surface area contributed by atoms with Crippen molar-refractivity contribution in [2.75, 3.05) is 19.4 Å². The number of carbonyl (C=O) groups is 2. The third-order valence-electron chi connectivity index (χ3n) is 3.02. The van der Waals surface area contributed by atoms with Gasteiger partial charge in [0.25, 0.3) is 0 Å². The number of hydrogen-bond donors (Lipinski definition) is 1. The van der Waals surface area contributed by atoms with E-state index in [9.17, 15) is 9.59 Å². The van der Waals surface area contributed by atoms with Crippen LogP contribution in [0.1, 0.15) is 13.8 Å². The third-order valence-corrected chi connectivity index (χ3v) is 3.58. The summed E-state index contributed by atoms with van der Waals surface area (Å²) in [6.45, 7) is 3.21. The van der Waals surface area contributed by atoms with Gasteiger partial charge in [-0.2, -0.15) is 8.75 Å². The molecule has 0 radical (unpaired) electrons. The van der Waals surface area contributed by atoms with E-state index in [1.807, 2.05) is 0 Å². The topological polar surface area (TPSA) is 75.2 Å². The first-order valence-corrected chi connectivity index (χ1v) is 6.81. The Morgan fingerprint density at radius 1 is 1.20 bits per heavy atom.